The molecular formula is C32H37N9O3. The molecule has 0 unspecified atom stereocenters. The molecule has 228 valence electrons. The molecule has 3 aromatic carbocycles. The van der Waals surface area contributed by atoms with Gasteiger partial charge < -0.3 is 37.2 Å². The molecule has 5 amide bonds. The van der Waals surface area contributed by atoms with Crippen LogP contribution in [0.25, 0.3) is 0 Å². The Morgan fingerprint density at radius 2 is 1.11 bits per heavy atom. The number of nitrogens with one attached hydrogen (secondary N) is 7. The summed E-state index contributed by atoms with van der Waals surface area (Å²) in [4.78, 5) is 47.5. The van der Waals surface area contributed by atoms with Crippen LogP contribution in [0.3, 0.4) is 0 Å². The number of rotatable bonds is 9. The Kier molecular flexibility index (Phi) is 10.0. The van der Waals surface area contributed by atoms with Crippen molar-refractivity contribution in [3.8, 4) is 0 Å². The molecule has 2 aliphatic rings. The first kappa shape index (κ1) is 30.1. The van der Waals surface area contributed by atoms with Crippen molar-refractivity contribution in [2.45, 2.75) is 26.2 Å². The van der Waals surface area contributed by atoms with Gasteiger partial charge in [0.2, 0.25) is 0 Å². The fourth-order valence-electron chi connectivity index (χ4n) is 4.71. The van der Waals surface area contributed by atoms with Gasteiger partial charge in [-0.25, -0.2) is 9.59 Å². The second-order valence-electron chi connectivity index (χ2n) is 10.4. The summed E-state index contributed by atoms with van der Waals surface area (Å²) in [5.74, 6) is 1.38. The highest BCUT2D eigenvalue weighted by Crippen LogP contribution is 2.21. The normalized spacial score (nSPS) is 14.1. The lowest BCUT2D eigenvalue weighted by Gasteiger charge is -2.16. The Morgan fingerprint density at radius 1 is 0.659 bits per heavy atom. The summed E-state index contributed by atoms with van der Waals surface area (Å²) in [5.41, 5.74) is 4.05. The summed E-state index contributed by atoms with van der Waals surface area (Å²) in [6.07, 6.45) is 2.79. The van der Waals surface area contributed by atoms with Gasteiger partial charge in [0.05, 0.1) is 0 Å². The van der Waals surface area contributed by atoms with Crippen LogP contribution in [0, 0.1) is 0 Å². The molecule has 0 saturated heterocycles. The minimum absolute atomic E-state index is 0.293. The molecule has 0 fully saturated rings. The molecule has 0 atom stereocenters. The highest BCUT2D eigenvalue weighted by atomic mass is 16.2. The number of benzene rings is 3. The number of urea groups is 2. The van der Waals surface area contributed by atoms with E-state index in [1.54, 1.807) is 42.5 Å². The number of carbonyl (C=O) groups excluding carboxylic acids is 3. The van der Waals surface area contributed by atoms with E-state index in [1.807, 2.05) is 31.2 Å². The number of carbonyl (C=O) groups is 3. The Balaban J connectivity index is 1.24. The average Bonchev–Trinajstić information content (AvgIpc) is 3.05. The molecule has 0 aliphatic carbocycles. The van der Waals surface area contributed by atoms with Crippen LogP contribution in [-0.2, 0) is 0 Å². The predicted molar refractivity (Wildman–Crippen MR) is 175 cm³/mol. The van der Waals surface area contributed by atoms with Crippen LogP contribution in [-0.4, -0.2) is 62.4 Å². The van der Waals surface area contributed by atoms with Crippen LogP contribution >= 0.6 is 0 Å². The topological polar surface area (TPSA) is 160 Å². The highest BCUT2D eigenvalue weighted by molar-refractivity contribution is 6.05. The quantitative estimate of drug-likeness (QED) is 0.192. The first-order chi connectivity index (χ1) is 21.5. The van der Waals surface area contributed by atoms with E-state index >= 15 is 0 Å². The van der Waals surface area contributed by atoms with Crippen molar-refractivity contribution < 1.29 is 14.4 Å². The number of nitrogens with zero attached hydrogens (tertiary/aromatic N) is 2. The van der Waals surface area contributed by atoms with Crippen LogP contribution in [0.4, 0.5) is 32.3 Å². The molecule has 12 nitrogen and oxygen atoms in total. The standard InChI is InChI=1S/C32H37N9O3/c1-2-13-37-30(42)23-18-26(40-31(43)38-24-9-5-21(6-10-24)28-33-14-3-15-34-28)20-27(19-23)41-32(44)39-25-11-7-22(8-12-25)29-35-16-4-17-36-29/h5-12,18-20H,2-4,13-17H2,1H3,(H,33,34)(H,35,36)(H,37,42)(H2,38,40,43)(H2,39,41,44). The first-order valence-corrected chi connectivity index (χ1v) is 14.8. The maximum atomic E-state index is 12.9. The van der Waals surface area contributed by atoms with Crippen LogP contribution in [0.1, 0.15) is 47.7 Å². The van der Waals surface area contributed by atoms with E-state index in [4.69, 9.17) is 0 Å². The lowest BCUT2D eigenvalue weighted by atomic mass is 10.1. The highest BCUT2D eigenvalue weighted by Gasteiger charge is 2.14. The Bertz CT molecular complexity index is 1450. The monoisotopic (exact) mass is 595 g/mol. The Hall–Kier alpha value is -5.39. The van der Waals surface area contributed by atoms with Crippen LogP contribution in [0.2, 0.25) is 0 Å². The maximum Gasteiger partial charge on any atom is 0.323 e. The molecule has 0 spiro atoms. The molecule has 0 saturated carbocycles. The van der Waals surface area contributed by atoms with E-state index in [-0.39, 0.29) is 5.91 Å². The molecule has 0 aromatic heterocycles. The fraction of sp³-hybridized carbons (Fsp3) is 0.281. The number of aliphatic imine (C=N–C) groups is 2. The van der Waals surface area contributed by atoms with Gasteiger partial charge in [-0.2, -0.15) is 0 Å². The van der Waals surface area contributed by atoms with E-state index in [0.29, 0.717) is 34.9 Å². The summed E-state index contributed by atoms with van der Waals surface area (Å²) in [6, 6.07) is 18.5. The van der Waals surface area contributed by atoms with Crippen molar-refractivity contribution >= 4 is 52.4 Å². The van der Waals surface area contributed by atoms with E-state index < -0.39 is 12.1 Å². The van der Waals surface area contributed by atoms with Crippen molar-refractivity contribution in [2.75, 3.05) is 54.0 Å². The lowest BCUT2D eigenvalue weighted by molar-refractivity contribution is 0.0953. The fourth-order valence-corrected chi connectivity index (χ4v) is 4.71. The van der Waals surface area contributed by atoms with Crippen molar-refractivity contribution in [1.29, 1.82) is 0 Å². The number of amidine groups is 2. The first-order valence-electron chi connectivity index (χ1n) is 14.8. The summed E-state index contributed by atoms with van der Waals surface area (Å²) in [5, 5.41) is 20.5. The van der Waals surface area contributed by atoms with Gasteiger partial charge in [0.25, 0.3) is 5.91 Å². The average molecular weight is 596 g/mol. The van der Waals surface area contributed by atoms with Gasteiger partial charge in [-0.3, -0.25) is 14.8 Å². The number of amides is 5. The SMILES string of the molecule is CCCNC(=O)c1cc(NC(=O)Nc2ccc(C3=NCCCN3)cc2)cc(NC(=O)Nc2ccc(C3=NCCCN3)cc2)c1. The molecule has 0 bridgehead atoms. The van der Waals surface area contributed by atoms with E-state index in [2.05, 4.69) is 47.2 Å². The molecule has 7 N–H and O–H groups in total. The Labute approximate surface area is 256 Å². The zero-order valence-corrected chi connectivity index (χ0v) is 24.6. The molecule has 12 heteroatoms. The third-order valence-corrected chi connectivity index (χ3v) is 6.87. The molecule has 3 aromatic rings. The minimum atomic E-state index is -0.496. The smallest absolute Gasteiger partial charge is 0.323 e. The molecule has 44 heavy (non-hydrogen) atoms. The maximum absolute atomic E-state index is 12.9. The second kappa shape index (κ2) is 14.7. The van der Waals surface area contributed by atoms with Gasteiger partial charge in [-0.05, 0) is 86.0 Å². The molecule has 2 heterocycles. The number of hydrogen-bond acceptors (Lipinski definition) is 7. The van der Waals surface area contributed by atoms with Gasteiger partial charge in [0, 0.05) is 72.2 Å². The van der Waals surface area contributed by atoms with Crippen LogP contribution in [0.15, 0.2) is 76.7 Å². The van der Waals surface area contributed by atoms with Gasteiger partial charge in [0.15, 0.2) is 0 Å². The zero-order chi connectivity index (χ0) is 30.7. The summed E-state index contributed by atoms with van der Waals surface area (Å²) >= 11 is 0. The lowest BCUT2D eigenvalue weighted by Crippen LogP contribution is -2.30. The summed E-state index contributed by atoms with van der Waals surface area (Å²) < 4.78 is 0. The zero-order valence-electron chi connectivity index (χ0n) is 24.6. The van der Waals surface area contributed by atoms with Gasteiger partial charge in [-0.1, -0.05) is 6.92 Å². The molecule has 0 radical (unpaired) electrons. The van der Waals surface area contributed by atoms with Crippen molar-refractivity contribution in [3.63, 3.8) is 0 Å². The van der Waals surface area contributed by atoms with E-state index in [1.165, 1.54) is 0 Å². The second-order valence-corrected chi connectivity index (χ2v) is 10.4. The van der Waals surface area contributed by atoms with Gasteiger partial charge >= 0.3 is 12.1 Å². The number of anilines is 4. The number of hydrogen-bond donors (Lipinski definition) is 7. The van der Waals surface area contributed by atoms with Crippen molar-refractivity contribution in [1.82, 2.24) is 16.0 Å². The third kappa shape index (κ3) is 8.34. The Morgan fingerprint density at radius 3 is 1.52 bits per heavy atom. The summed E-state index contributed by atoms with van der Waals surface area (Å²) in [6.45, 7) is 5.81. The molecular weight excluding hydrogens is 558 g/mol. The summed E-state index contributed by atoms with van der Waals surface area (Å²) in [7, 11) is 0. The predicted octanol–water partition coefficient (Wildman–Crippen LogP) is 4.59. The van der Waals surface area contributed by atoms with Crippen molar-refractivity contribution in [2.24, 2.45) is 9.98 Å². The van der Waals surface area contributed by atoms with E-state index in [9.17, 15) is 14.4 Å². The third-order valence-electron chi connectivity index (χ3n) is 6.87. The van der Waals surface area contributed by atoms with Crippen molar-refractivity contribution in [3.05, 3.63) is 83.4 Å². The van der Waals surface area contributed by atoms with Crippen LogP contribution in [0.5, 0.6) is 0 Å². The molecule has 5 rings (SSSR count). The van der Waals surface area contributed by atoms with Gasteiger partial charge in [0.1, 0.15) is 11.7 Å². The largest absolute Gasteiger partial charge is 0.370 e. The van der Waals surface area contributed by atoms with Gasteiger partial charge in [-0.15, -0.1) is 0 Å². The molecule has 2 aliphatic heterocycles. The van der Waals surface area contributed by atoms with E-state index in [0.717, 1.165) is 68.2 Å². The van der Waals surface area contributed by atoms with Crippen LogP contribution < -0.4 is 37.2 Å². The minimum Gasteiger partial charge on any atom is -0.370 e.